The van der Waals surface area contributed by atoms with Crippen LogP contribution in [0.3, 0.4) is 0 Å². The van der Waals surface area contributed by atoms with Gasteiger partial charge in [-0.3, -0.25) is 0 Å². The molecule has 3 heteroatoms. The summed E-state index contributed by atoms with van der Waals surface area (Å²) in [6.45, 7) is 0. The molecule has 34 heavy (non-hydrogen) atoms. The van der Waals surface area contributed by atoms with Crippen LogP contribution in [-0.2, 0) is 5.41 Å². The molecule has 0 saturated heterocycles. The average molecular weight is 502 g/mol. The molecule has 1 nitrogen and oxygen atoms in total. The summed E-state index contributed by atoms with van der Waals surface area (Å²) in [5.74, 6) is 0. The second kappa shape index (κ2) is 7.48. The maximum atomic E-state index is 3.89. The normalized spacial score (nSPS) is 19.3. The van der Waals surface area contributed by atoms with E-state index in [9.17, 15) is 0 Å². The fourth-order valence-corrected chi connectivity index (χ4v) is 6.98. The Labute approximate surface area is 210 Å². The van der Waals surface area contributed by atoms with Crippen molar-refractivity contribution in [2.45, 2.75) is 31.1 Å². The second-order valence-corrected chi connectivity index (χ2v) is 10.8. The lowest BCUT2D eigenvalue weighted by Crippen LogP contribution is -2.38. The molecule has 164 valence electrons. The third-order valence-corrected chi connectivity index (χ3v) is 8.51. The lowest BCUT2D eigenvalue weighted by atomic mass is 9.63. The van der Waals surface area contributed by atoms with Crippen molar-refractivity contribution in [3.8, 4) is 0 Å². The number of benzene rings is 3. The van der Waals surface area contributed by atoms with Crippen LogP contribution in [0.5, 0.6) is 0 Å². The molecular weight excluding hydrogens is 477 g/mol. The number of rotatable bonds is 1. The molecule has 4 aliphatic rings. The number of para-hydroxylation sites is 2. The van der Waals surface area contributed by atoms with Crippen molar-refractivity contribution in [2.24, 2.45) is 0 Å². The number of allylic oxidation sites excluding steroid dienone is 7. The van der Waals surface area contributed by atoms with Crippen molar-refractivity contribution < 1.29 is 0 Å². The minimum atomic E-state index is -0.307. The third-order valence-electron chi connectivity index (χ3n) is 7.88. The van der Waals surface area contributed by atoms with E-state index in [2.05, 4.69) is 120 Å². The molecule has 0 fully saturated rings. The van der Waals surface area contributed by atoms with Gasteiger partial charge in [-0.25, -0.2) is 0 Å². The molecule has 3 aromatic carbocycles. The Morgan fingerprint density at radius 3 is 2.26 bits per heavy atom. The molecular formula is C31H25BBrN. The number of fused-ring (bicyclic) bond motifs is 8. The summed E-state index contributed by atoms with van der Waals surface area (Å²) in [5.41, 5.74) is 13.4. The lowest BCUT2D eigenvalue weighted by Gasteiger charge is -2.46. The molecule has 0 atom stereocenters. The smallest absolute Gasteiger partial charge is 0.139 e. The summed E-state index contributed by atoms with van der Waals surface area (Å²) in [5, 5.41) is 0. The second-order valence-electron chi connectivity index (χ2n) is 9.76. The van der Waals surface area contributed by atoms with Crippen molar-refractivity contribution in [1.82, 2.24) is 0 Å². The summed E-state index contributed by atoms with van der Waals surface area (Å²) in [4.78, 5) is 2.49. The summed E-state index contributed by atoms with van der Waals surface area (Å²) in [6.07, 6.45) is 13.8. The van der Waals surface area contributed by atoms with Crippen LogP contribution in [-0.4, -0.2) is 7.85 Å². The maximum absolute atomic E-state index is 3.89. The molecule has 3 aliphatic carbocycles. The number of halogens is 1. The van der Waals surface area contributed by atoms with E-state index < -0.39 is 0 Å². The van der Waals surface area contributed by atoms with Gasteiger partial charge in [0.05, 0.1) is 16.8 Å². The molecule has 0 bridgehead atoms. The highest BCUT2D eigenvalue weighted by Crippen LogP contribution is 2.63. The van der Waals surface area contributed by atoms with Crippen molar-refractivity contribution >= 4 is 46.2 Å². The van der Waals surface area contributed by atoms with E-state index in [-0.39, 0.29) is 5.41 Å². The van der Waals surface area contributed by atoms with E-state index in [1.165, 1.54) is 60.4 Å². The highest BCUT2D eigenvalue weighted by atomic mass is 79.9. The van der Waals surface area contributed by atoms with Gasteiger partial charge in [0.15, 0.2) is 0 Å². The van der Waals surface area contributed by atoms with Crippen molar-refractivity contribution in [2.75, 3.05) is 4.90 Å². The number of hydrogen-bond donors (Lipinski definition) is 0. The first-order chi connectivity index (χ1) is 16.7. The fourth-order valence-electron chi connectivity index (χ4n) is 6.56. The maximum Gasteiger partial charge on any atom is 0.139 e. The Morgan fingerprint density at radius 1 is 0.824 bits per heavy atom. The zero-order valence-corrected chi connectivity index (χ0v) is 20.9. The quantitative estimate of drug-likeness (QED) is 0.331. The van der Waals surface area contributed by atoms with Crippen LogP contribution < -0.4 is 10.4 Å². The van der Waals surface area contributed by atoms with Crippen LogP contribution in [0.1, 0.15) is 47.9 Å². The molecule has 0 amide bonds. The van der Waals surface area contributed by atoms with E-state index in [0.717, 1.165) is 25.7 Å². The van der Waals surface area contributed by atoms with E-state index in [0.29, 0.717) is 0 Å². The highest BCUT2D eigenvalue weighted by molar-refractivity contribution is 9.11. The molecule has 1 aliphatic heterocycles. The monoisotopic (exact) mass is 501 g/mol. The Kier molecular flexibility index (Phi) is 4.48. The first-order valence-electron chi connectivity index (χ1n) is 12.3. The summed E-state index contributed by atoms with van der Waals surface area (Å²) in [7, 11) is 2.22. The highest BCUT2D eigenvalue weighted by Gasteiger charge is 2.52. The predicted octanol–water partition coefficient (Wildman–Crippen LogP) is 6.80. The Bertz CT molecular complexity index is 1440. The molecule has 0 saturated carbocycles. The van der Waals surface area contributed by atoms with Gasteiger partial charge in [-0.1, -0.05) is 88.1 Å². The van der Waals surface area contributed by atoms with Gasteiger partial charge in [0.25, 0.3) is 0 Å². The Morgan fingerprint density at radius 2 is 1.56 bits per heavy atom. The van der Waals surface area contributed by atoms with E-state index in [4.69, 9.17) is 0 Å². The topological polar surface area (TPSA) is 3.24 Å². The van der Waals surface area contributed by atoms with Gasteiger partial charge in [0, 0.05) is 5.70 Å². The van der Waals surface area contributed by atoms with Crippen LogP contribution in [0.25, 0.3) is 5.57 Å². The molecule has 0 aromatic heterocycles. The summed E-state index contributed by atoms with van der Waals surface area (Å²) >= 11 is 3.89. The molecule has 1 heterocycles. The van der Waals surface area contributed by atoms with Crippen molar-refractivity contribution in [1.29, 1.82) is 0 Å². The molecule has 1 spiro atoms. The van der Waals surface area contributed by atoms with Gasteiger partial charge in [0.2, 0.25) is 0 Å². The van der Waals surface area contributed by atoms with Gasteiger partial charge in [0.1, 0.15) is 7.85 Å². The van der Waals surface area contributed by atoms with E-state index in [1.54, 1.807) is 0 Å². The van der Waals surface area contributed by atoms with Crippen LogP contribution >= 0.6 is 15.9 Å². The van der Waals surface area contributed by atoms with Crippen LogP contribution in [0.2, 0.25) is 0 Å². The molecule has 0 N–H and O–H groups in total. The average Bonchev–Trinajstić information content (AvgIpc) is 3.14. The number of nitrogens with zero attached hydrogens (tertiary/aromatic N) is 1. The number of hydrogen-bond acceptors (Lipinski definition) is 1. The van der Waals surface area contributed by atoms with Gasteiger partial charge in [-0.05, 0) is 87.9 Å². The van der Waals surface area contributed by atoms with Gasteiger partial charge < -0.3 is 4.90 Å². The first kappa shape index (κ1) is 20.3. The van der Waals surface area contributed by atoms with Gasteiger partial charge in [-0.2, -0.15) is 0 Å². The van der Waals surface area contributed by atoms with Crippen LogP contribution in [0.15, 0.2) is 107 Å². The van der Waals surface area contributed by atoms with Crippen molar-refractivity contribution in [3.05, 3.63) is 129 Å². The molecule has 0 unspecified atom stereocenters. The SMILES string of the molecule is Bc1ccc2c(c1)C1(C3=C2CCC(Br)=C3)c2ccccc2N(C2=CCCC=C2)c2ccccc21. The fraction of sp³-hybridized carbons (Fsp3) is 0.161. The molecule has 3 aromatic rings. The largest absolute Gasteiger partial charge is 0.310 e. The predicted molar refractivity (Wildman–Crippen MR) is 149 cm³/mol. The van der Waals surface area contributed by atoms with Crippen LogP contribution in [0.4, 0.5) is 11.4 Å². The van der Waals surface area contributed by atoms with Crippen molar-refractivity contribution in [3.63, 3.8) is 0 Å². The van der Waals surface area contributed by atoms with E-state index in [1.807, 2.05) is 0 Å². The van der Waals surface area contributed by atoms with Gasteiger partial charge >= 0.3 is 0 Å². The van der Waals surface area contributed by atoms with Crippen LogP contribution in [0, 0.1) is 0 Å². The zero-order chi connectivity index (χ0) is 22.9. The minimum Gasteiger partial charge on any atom is -0.310 e. The Hall–Kier alpha value is -3.04. The lowest BCUT2D eigenvalue weighted by molar-refractivity contribution is 0.738. The minimum absolute atomic E-state index is 0.307. The molecule has 7 rings (SSSR count). The third kappa shape index (κ3) is 2.62. The van der Waals surface area contributed by atoms with E-state index >= 15 is 0 Å². The van der Waals surface area contributed by atoms with Gasteiger partial charge in [-0.15, -0.1) is 0 Å². The zero-order valence-electron chi connectivity index (χ0n) is 19.3. The summed E-state index contributed by atoms with van der Waals surface area (Å²) < 4.78 is 1.30. The standard InChI is InChI=1S/C31H25BBrN/c32-20-14-16-23-24-17-15-21(33)19-28(24)31(27(23)18-20)25-10-4-6-12-29(25)34(22-8-2-1-3-9-22)30-13-7-5-11-26(30)31/h2,4-14,16,18-19H,1,3,15,17,32H2. The Balaban J connectivity index is 1.64. The first-order valence-corrected chi connectivity index (χ1v) is 13.1. The number of anilines is 2. The summed E-state index contributed by atoms with van der Waals surface area (Å²) in [6, 6.07) is 25.2. The molecule has 0 radical (unpaired) electrons.